The maximum atomic E-state index is 3.51. The van der Waals surface area contributed by atoms with Gasteiger partial charge in [0.05, 0.1) is 0 Å². The van der Waals surface area contributed by atoms with E-state index >= 15 is 0 Å². The van der Waals surface area contributed by atoms with Gasteiger partial charge in [-0.1, -0.05) is 60.7 Å². The highest BCUT2D eigenvalue weighted by atomic mass is 35.5. The predicted octanol–water partition coefficient (Wildman–Crippen LogP) is 3.33. The minimum absolute atomic E-state index is 0. The highest BCUT2D eigenvalue weighted by Gasteiger charge is 2.55. The zero-order chi connectivity index (χ0) is 14.1. The summed E-state index contributed by atoms with van der Waals surface area (Å²) in [6.07, 6.45) is 0. The molecule has 1 heterocycles. The number of hydrogen-bond acceptors (Lipinski definition) is 2. The van der Waals surface area contributed by atoms with E-state index < -0.39 is 0 Å². The number of nitrogens with one attached hydrogen (secondary N) is 1. The number of piperidine rings is 1. The first-order valence-corrected chi connectivity index (χ1v) is 7.94. The highest BCUT2D eigenvalue weighted by molar-refractivity contribution is 5.85. The van der Waals surface area contributed by atoms with Gasteiger partial charge >= 0.3 is 0 Å². The molecule has 116 valence electrons. The van der Waals surface area contributed by atoms with Crippen molar-refractivity contribution in [2.24, 2.45) is 11.8 Å². The Kier molecular flexibility index (Phi) is 4.82. The molecule has 4 rings (SSSR count). The second-order valence-electron chi connectivity index (χ2n) is 6.35. The molecule has 1 aliphatic heterocycles. The van der Waals surface area contributed by atoms with Crippen LogP contribution in [0.15, 0.2) is 60.7 Å². The van der Waals surface area contributed by atoms with Crippen LogP contribution in [0.5, 0.6) is 0 Å². The van der Waals surface area contributed by atoms with Gasteiger partial charge < -0.3 is 5.32 Å². The Hall–Kier alpha value is -1.35. The van der Waals surface area contributed by atoms with Crippen LogP contribution >= 0.6 is 12.4 Å². The Labute approximate surface area is 138 Å². The van der Waals surface area contributed by atoms with Crippen LogP contribution in [0, 0.1) is 11.8 Å². The Bertz CT molecular complexity index is 535. The second kappa shape index (κ2) is 6.82. The summed E-state index contributed by atoms with van der Waals surface area (Å²) in [6.45, 7) is 4.53. The Morgan fingerprint density at radius 3 is 1.68 bits per heavy atom. The summed E-state index contributed by atoms with van der Waals surface area (Å²) in [5.41, 5.74) is 2.85. The normalized spacial score (nSPS) is 25.6. The van der Waals surface area contributed by atoms with E-state index in [0.717, 1.165) is 31.0 Å². The molecule has 2 aromatic rings. The van der Waals surface area contributed by atoms with Crippen molar-refractivity contribution in [3.05, 3.63) is 71.8 Å². The molecule has 0 spiro atoms. The summed E-state index contributed by atoms with van der Waals surface area (Å²) in [5, 5.41) is 3.51. The number of nitrogens with zero attached hydrogens (tertiary/aromatic N) is 1. The van der Waals surface area contributed by atoms with Crippen LogP contribution in [0.3, 0.4) is 0 Å². The van der Waals surface area contributed by atoms with Crippen LogP contribution in [0.2, 0.25) is 0 Å². The quantitative estimate of drug-likeness (QED) is 0.910. The molecule has 2 atom stereocenters. The summed E-state index contributed by atoms with van der Waals surface area (Å²) in [4.78, 5) is 2.68. The summed E-state index contributed by atoms with van der Waals surface area (Å²) in [5.74, 6) is 1.75. The smallest absolute Gasteiger partial charge is 0.0240 e. The van der Waals surface area contributed by atoms with Gasteiger partial charge in [-0.2, -0.15) is 0 Å². The summed E-state index contributed by atoms with van der Waals surface area (Å²) in [7, 11) is 0. The molecule has 1 saturated carbocycles. The molecule has 0 aromatic heterocycles. The van der Waals surface area contributed by atoms with Gasteiger partial charge in [0.1, 0.15) is 0 Å². The van der Waals surface area contributed by atoms with Gasteiger partial charge in [0, 0.05) is 19.1 Å². The summed E-state index contributed by atoms with van der Waals surface area (Å²) >= 11 is 0. The Morgan fingerprint density at radius 2 is 1.23 bits per heavy atom. The molecule has 0 bridgehead atoms. The van der Waals surface area contributed by atoms with Crippen LogP contribution in [0.1, 0.15) is 11.1 Å². The lowest BCUT2D eigenvalue weighted by Crippen LogP contribution is -2.32. The van der Waals surface area contributed by atoms with Crippen molar-refractivity contribution in [3.63, 3.8) is 0 Å². The molecule has 3 heteroatoms. The molecule has 2 aliphatic rings. The highest BCUT2D eigenvalue weighted by Crippen LogP contribution is 2.46. The molecule has 1 aliphatic carbocycles. The van der Waals surface area contributed by atoms with Crippen LogP contribution in [0.4, 0.5) is 0 Å². The monoisotopic (exact) mass is 314 g/mol. The van der Waals surface area contributed by atoms with E-state index in [1.54, 1.807) is 0 Å². The van der Waals surface area contributed by atoms with Crippen molar-refractivity contribution >= 4 is 12.4 Å². The van der Waals surface area contributed by atoms with Crippen molar-refractivity contribution in [1.29, 1.82) is 0 Å². The van der Waals surface area contributed by atoms with Gasteiger partial charge in [0.15, 0.2) is 0 Å². The molecule has 2 nitrogen and oxygen atoms in total. The van der Waals surface area contributed by atoms with Gasteiger partial charge in [-0.25, -0.2) is 0 Å². The van der Waals surface area contributed by atoms with Crippen molar-refractivity contribution < 1.29 is 0 Å². The van der Waals surface area contributed by atoms with E-state index in [-0.39, 0.29) is 12.4 Å². The molecule has 0 radical (unpaired) electrons. The van der Waals surface area contributed by atoms with E-state index in [0.29, 0.717) is 0 Å². The van der Waals surface area contributed by atoms with Gasteiger partial charge in [0.25, 0.3) is 0 Å². The fourth-order valence-corrected chi connectivity index (χ4v) is 3.83. The summed E-state index contributed by atoms with van der Waals surface area (Å²) in [6, 6.07) is 22.5. The van der Waals surface area contributed by atoms with E-state index in [1.807, 2.05) is 0 Å². The predicted molar refractivity (Wildman–Crippen MR) is 93.0 cm³/mol. The van der Waals surface area contributed by atoms with Crippen molar-refractivity contribution in [3.8, 4) is 0 Å². The SMILES string of the molecule is Cl.c1ccc(CN(Cc2ccccc2)C2C3CNCC32)cc1. The third-order valence-corrected chi connectivity index (χ3v) is 4.93. The Balaban J connectivity index is 0.00000144. The molecule has 0 amide bonds. The van der Waals surface area contributed by atoms with Crippen molar-refractivity contribution in [1.82, 2.24) is 10.2 Å². The molecule has 2 unspecified atom stereocenters. The maximum absolute atomic E-state index is 3.51. The van der Waals surface area contributed by atoms with E-state index in [4.69, 9.17) is 0 Å². The number of halogens is 1. The Morgan fingerprint density at radius 1 is 0.773 bits per heavy atom. The first-order chi connectivity index (χ1) is 10.4. The van der Waals surface area contributed by atoms with Crippen molar-refractivity contribution in [2.75, 3.05) is 13.1 Å². The summed E-state index contributed by atoms with van der Waals surface area (Å²) < 4.78 is 0. The van der Waals surface area contributed by atoms with Crippen LogP contribution in [-0.4, -0.2) is 24.0 Å². The lowest BCUT2D eigenvalue weighted by atomic mass is 10.1. The fourth-order valence-electron chi connectivity index (χ4n) is 3.83. The number of benzene rings is 2. The topological polar surface area (TPSA) is 15.3 Å². The largest absolute Gasteiger partial charge is 0.316 e. The van der Waals surface area contributed by atoms with Crippen LogP contribution in [0.25, 0.3) is 0 Å². The molecule has 22 heavy (non-hydrogen) atoms. The lowest BCUT2D eigenvalue weighted by molar-refractivity contribution is 0.219. The molecular weight excluding hydrogens is 292 g/mol. The number of fused-ring (bicyclic) bond motifs is 1. The maximum Gasteiger partial charge on any atom is 0.0240 e. The lowest BCUT2D eigenvalue weighted by Gasteiger charge is -2.25. The molecular formula is C19H23ClN2. The van der Waals surface area contributed by atoms with Gasteiger partial charge in [-0.15, -0.1) is 12.4 Å². The zero-order valence-corrected chi connectivity index (χ0v) is 13.5. The van der Waals surface area contributed by atoms with Gasteiger partial charge in [0.2, 0.25) is 0 Å². The third-order valence-electron chi connectivity index (χ3n) is 4.93. The number of rotatable bonds is 5. The van der Waals surface area contributed by atoms with Gasteiger partial charge in [-0.3, -0.25) is 4.90 Å². The zero-order valence-electron chi connectivity index (χ0n) is 12.7. The van der Waals surface area contributed by atoms with Crippen molar-refractivity contribution in [2.45, 2.75) is 19.1 Å². The third kappa shape index (κ3) is 3.19. The molecule has 1 saturated heterocycles. The van der Waals surface area contributed by atoms with E-state index in [1.165, 1.54) is 24.2 Å². The van der Waals surface area contributed by atoms with E-state index in [9.17, 15) is 0 Å². The first-order valence-electron chi connectivity index (χ1n) is 7.94. The number of hydrogen-bond donors (Lipinski definition) is 1. The minimum atomic E-state index is 0. The fraction of sp³-hybridized carbons (Fsp3) is 0.368. The molecule has 1 N–H and O–H groups in total. The second-order valence-corrected chi connectivity index (χ2v) is 6.35. The first kappa shape index (κ1) is 15.5. The van der Waals surface area contributed by atoms with Crippen LogP contribution < -0.4 is 5.32 Å². The molecule has 2 fully saturated rings. The standard InChI is InChI=1S/C19H22N2.ClH/c1-3-7-15(8-4-1)13-21(14-16-9-5-2-6-10-16)19-17-11-20-12-18(17)19;/h1-10,17-20H,11-14H2;1H. The average molecular weight is 315 g/mol. The van der Waals surface area contributed by atoms with Crippen LogP contribution in [-0.2, 0) is 13.1 Å². The van der Waals surface area contributed by atoms with E-state index in [2.05, 4.69) is 70.9 Å². The minimum Gasteiger partial charge on any atom is -0.316 e. The molecule has 2 aromatic carbocycles. The average Bonchev–Trinajstić information content (AvgIpc) is 3.01. The van der Waals surface area contributed by atoms with Gasteiger partial charge in [-0.05, 0) is 36.1 Å².